The van der Waals surface area contributed by atoms with Gasteiger partial charge in [0.05, 0.1) is 14.1 Å². The first-order valence-corrected chi connectivity index (χ1v) is 5.98. The molecule has 0 aliphatic carbocycles. The summed E-state index contributed by atoms with van der Waals surface area (Å²) >= 11 is 0. The second kappa shape index (κ2) is 4.44. The van der Waals surface area contributed by atoms with Gasteiger partial charge in [-0.3, -0.25) is 0 Å². The zero-order valence-corrected chi connectivity index (χ0v) is 10.1. The minimum Gasteiger partial charge on any atom is -0.628 e. The molecule has 1 heterocycles. The molecular formula is C13H20N2O. The summed E-state index contributed by atoms with van der Waals surface area (Å²) in [5.74, 6) is 0. The number of hydroxylamine groups is 2. The second-order valence-electron chi connectivity index (χ2n) is 4.92. The summed E-state index contributed by atoms with van der Waals surface area (Å²) in [5, 5.41) is 11.9. The van der Waals surface area contributed by atoms with Gasteiger partial charge in [-0.05, 0) is 31.4 Å². The van der Waals surface area contributed by atoms with Crippen LogP contribution in [0.5, 0.6) is 0 Å². The van der Waals surface area contributed by atoms with E-state index in [0.717, 1.165) is 18.8 Å². The van der Waals surface area contributed by atoms with Crippen molar-refractivity contribution in [3.63, 3.8) is 0 Å². The molecule has 16 heavy (non-hydrogen) atoms. The van der Waals surface area contributed by atoms with Crippen LogP contribution in [0.3, 0.4) is 0 Å². The first-order chi connectivity index (χ1) is 7.57. The summed E-state index contributed by atoms with van der Waals surface area (Å²) in [6.07, 6.45) is 3.86. The fraction of sp³-hybridized carbons (Fsp3) is 0.538. The summed E-state index contributed by atoms with van der Waals surface area (Å²) in [6.45, 7) is 2.24. The lowest BCUT2D eigenvalue weighted by Crippen LogP contribution is -2.33. The van der Waals surface area contributed by atoms with Crippen molar-refractivity contribution in [1.29, 1.82) is 0 Å². The molecule has 0 amide bonds. The topological polar surface area (TPSA) is 26.3 Å². The standard InChI is InChI=1S/C13H20N2O/c1-15(2,16)13-8-6-7-12(11-13)14-9-4-3-5-10-14/h6-8,11H,3-5,9-10H2,1-2H3. The Bertz CT molecular complexity index is 351. The van der Waals surface area contributed by atoms with Gasteiger partial charge in [-0.25, -0.2) is 0 Å². The van der Waals surface area contributed by atoms with Crippen LogP contribution in [0.4, 0.5) is 11.4 Å². The predicted octanol–water partition coefficient (Wildman–Crippen LogP) is 2.74. The molecule has 1 fully saturated rings. The Morgan fingerprint density at radius 1 is 1.12 bits per heavy atom. The van der Waals surface area contributed by atoms with E-state index in [1.165, 1.54) is 24.9 Å². The second-order valence-corrected chi connectivity index (χ2v) is 4.92. The minimum atomic E-state index is -0.359. The van der Waals surface area contributed by atoms with Gasteiger partial charge in [0.1, 0.15) is 5.69 Å². The summed E-state index contributed by atoms with van der Waals surface area (Å²) in [4.78, 5) is 2.38. The number of rotatable bonds is 2. The molecule has 0 atom stereocenters. The number of quaternary nitrogens is 1. The van der Waals surface area contributed by atoms with E-state index in [4.69, 9.17) is 0 Å². The number of anilines is 1. The van der Waals surface area contributed by atoms with Crippen molar-refractivity contribution in [3.8, 4) is 0 Å². The molecule has 3 heteroatoms. The Hall–Kier alpha value is -1.06. The molecule has 2 rings (SSSR count). The SMILES string of the molecule is C[N+](C)([O-])c1cccc(N2CCCCC2)c1. The van der Waals surface area contributed by atoms with Crippen LogP contribution in [0.15, 0.2) is 24.3 Å². The van der Waals surface area contributed by atoms with Crippen molar-refractivity contribution in [3.05, 3.63) is 29.5 Å². The summed E-state index contributed by atoms with van der Waals surface area (Å²) in [6, 6.07) is 8.01. The van der Waals surface area contributed by atoms with Gasteiger partial charge in [0.15, 0.2) is 0 Å². The van der Waals surface area contributed by atoms with Crippen LogP contribution in [0.25, 0.3) is 0 Å². The Labute approximate surface area is 97.5 Å². The fourth-order valence-corrected chi connectivity index (χ4v) is 2.18. The molecule has 3 nitrogen and oxygen atoms in total. The zero-order chi connectivity index (χ0) is 11.6. The Balaban J connectivity index is 2.21. The lowest BCUT2D eigenvalue weighted by molar-refractivity contribution is 0.541. The minimum absolute atomic E-state index is 0.359. The Morgan fingerprint density at radius 2 is 1.81 bits per heavy atom. The van der Waals surface area contributed by atoms with E-state index in [1.807, 2.05) is 18.2 Å². The average molecular weight is 220 g/mol. The van der Waals surface area contributed by atoms with E-state index < -0.39 is 0 Å². The largest absolute Gasteiger partial charge is 0.628 e. The van der Waals surface area contributed by atoms with Crippen LogP contribution >= 0.6 is 0 Å². The normalized spacial score (nSPS) is 17.6. The molecule has 88 valence electrons. The average Bonchev–Trinajstić information content (AvgIpc) is 2.29. The van der Waals surface area contributed by atoms with Crippen LogP contribution in [0, 0.1) is 5.21 Å². The number of benzene rings is 1. The molecule has 1 aromatic carbocycles. The Kier molecular flexibility index (Phi) is 3.17. The molecule has 0 aromatic heterocycles. The van der Waals surface area contributed by atoms with E-state index in [1.54, 1.807) is 14.1 Å². The van der Waals surface area contributed by atoms with Crippen LogP contribution in [-0.2, 0) is 0 Å². The predicted molar refractivity (Wildman–Crippen MR) is 69.5 cm³/mol. The third-order valence-corrected chi connectivity index (χ3v) is 3.17. The monoisotopic (exact) mass is 220 g/mol. The van der Waals surface area contributed by atoms with Gasteiger partial charge in [-0.2, -0.15) is 0 Å². The van der Waals surface area contributed by atoms with Crippen LogP contribution in [-0.4, -0.2) is 27.2 Å². The van der Waals surface area contributed by atoms with Gasteiger partial charge in [0.25, 0.3) is 0 Å². The molecule has 1 aliphatic rings. The first-order valence-electron chi connectivity index (χ1n) is 5.98. The highest BCUT2D eigenvalue weighted by atomic mass is 16.5. The summed E-state index contributed by atoms with van der Waals surface area (Å²) in [7, 11) is 3.32. The van der Waals surface area contributed by atoms with E-state index in [2.05, 4.69) is 11.0 Å². The lowest BCUT2D eigenvalue weighted by atomic mass is 10.1. The number of nitrogens with zero attached hydrogens (tertiary/aromatic N) is 2. The highest BCUT2D eigenvalue weighted by molar-refractivity contribution is 5.57. The van der Waals surface area contributed by atoms with E-state index in [0.29, 0.717) is 0 Å². The van der Waals surface area contributed by atoms with Crippen molar-refractivity contribution in [2.75, 3.05) is 32.1 Å². The maximum Gasteiger partial charge on any atom is 0.134 e. The lowest BCUT2D eigenvalue weighted by Gasteiger charge is -2.35. The van der Waals surface area contributed by atoms with Gasteiger partial charge in [-0.1, -0.05) is 6.07 Å². The number of piperidine rings is 1. The van der Waals surface area contributed by atoms with Crippen molar-refractivity contribution in [2.24, 2.45) is 0 Å². The van der Waals surface area contributed by atoms with Gasteiger partial charge in [-0.15, -0.1) is 0 Å². The maximum atomic E-state index is 11.9. The van der Waals surface area contributed by atoms with E-state index in [9.17, 15) is 5.21 Å². The molecule has 0 spiro atoms. The summed E-state index contributed by atoms with van der Waals surface area (Å²) < 4.78 is -0.359. The molecule has 1 saturated heterocycles. The van der Waals surface area contributed by atoms with Crippen LogP contribution in [0.1, 0.15) is 19.3 Å². The van der Waals surface area contributed by atoms with Crippen LogP contribution < -0.4 is 9.55 Å². The van der Waals surface area contributed by atoms with Crippen molar-refractivity contribution >= 4 is 11.4 Å². The molecule has 0 bridgehead atoms. The van der Waals surface area contributed by atoms with Gasteiger partial charge >= 0.3 is 0 Å². The van der Waals surface area contributed by atoms with Gasteiger partial charge in [0.2, 0.25) is 0 Å². The molecule has 0 unspecified atom stereocenters. The zero-order valence-electron chi connectivity index (χ0n) is 10.1. The highest BCUT2D eigenvalue weighted by Gasteiger charge is 2.14. The van der Waals surface area contributed by atoms with Gasteiger partial charge < -0.3 is 14.8 Å². The fourth-order valence-electron chi connectivity index (χ4n) is 2.18. The van der Waals surface area contributed by atoms with Crippen LogP contribution in [0.2, 0.25) is 0 Å². The molecule has 1 aliphatic heterocycles. The quantitative estimate of drug-likeness (QED) is 0.566. The van der Waals surface area contributed by atoms with Crippen molar-refractivity contribution < 1.29 is 0 Å². The maximum absolute atomic E-state index is 11.9. The van der Waals surface area contributed by atoms with Gasteiger partial charge in [0, 0.05) is 24.8 Å². The van der Waals surface area contributed by atoms with E-state index in [-0.39, 0.29) is 4.65 Å². The number of hydrogen-bond donors (Lipinski definition) is 0. The smallest absolute Gasteiger partial charge is 0.134 e. The number of hydrogen-bond acceptors (Lipinski definition) is 2. The summed E-state index contributed by atoms with van der Waals surface area (Å²) in [5.41, 5.74) is 2.02. The first kappa shape index (κ1) is 11.4. The third-order valence-electron chi connectivity index (χ3n) is 3.17. The van der Waals surface area contributed by atoms with Crippen molar-refractivity contribution in [1.82, 2.24) is 4.65 Å². The van der Waals surface area contributed by atoms with Crippen molar-refractivity contribution in [2.45, 2.75) is 19.3 Å². The Morgan fingerprint density at radius 3 is 2.44 bits per heavy atom. The molecule has 0 radical (unpaired) electrons. The molecule has 0 N–H and O–H groups in total. The van der Waals surface area contributed by atoms with E-state index >= 15 is 0 Å². The highest BCUT2D eigenvalue weighted by Crippen LogP contribution is 2.26. The molecule has 0 saturated carbocycles. The molecular weight excluding hydrogens is 200 g/mol. The molecule has 1 aromatic rings. The third kappa shape index (κ3) is 2.54.